The Morgan fingerprint density at radius 1 is 0.338 bits per heavy atom. The third kappa shape index (κ3) is 24.0. The van der Waals surface area contributed by atoms with Crippen LogP contribution >= 0.6 is 15.9 Å². The molecule has 7 aromatic rings. The number of hydrogen-bond donors (Lipinski definition) is 2. The molecule has 2 nitrogen and oxygen atoms in total. The summed E-state index contributed by atoms with van der Waals surface area (Å²) in [6, 6.07) is 53.9. The molecule has 0 aliphatic rings. The first kappa shape index (κ1) is 66.7. The molecule has 0 aliphatic carbocycles. The van der Waals surface area contributed by atoms with Crippen molar-refractivity contribution >= 4 is 70.8 Å². The van der Waals surface area contributed by atoms with E-state index in [1.54, 1.807) is 16.9 Å². The SMILES string of the molecule is CCCCCCCCCCCCNc1ccccc1-c1ccc2cc(-c3ccccc3C)ccc2c1.CCCCCCCCCCCCNc1ccccc1Br.CCC[CH2][Sn]([CH2]CCC)([CH2]CCC)[c]1ccc2cc(C)ccc2c1. The number of para-hydroxylation sites is 2. The van der Waals surface area contributed by atoms with Gasteiger partial charge in [0.1, 0.15) is 0 Å². The fourth-order valence-electron chi connectivity index (χ4n) is 11.7. The molecule has 0 aliphatic heterocycles. The standard InChI is InChI=1S/C35H43N.C18H30BrN.C11H9.3C4H9.Sn/c1-3-4-5-6-7-8-9-10-11-16-25-36-35-20-15-14-19-34(35)32-24-22-29-26-31(23-21-30(29)27-32)33-18-13-12-17-28(33)2;1-2-3-4-5-6-7-8-9-10-13-16-20-18-15-12-11-14-17(18)19;1-9-6-7-10-4-2-3-5-11(10)8-9;3*1-3-4-2;/h12-15,17-24,26-27,36H,3-11,16,25H2,1-2H3;11-12,14-15,20H,2-10,13,16H2,1H3;3-8H,1H3;3*1,3-4H2,2H3;. The van der Waals surface area contributed by atoms with Crippen molar-refractivity contribution in [3.8, 4) is 22.3 Å². The number of hydrogen-bond acceptors (Lipinski definition) is 2. The molecule has 7 rings (SSSR count). The van der Waals surface area contributed by atoms with Gasteiger partial charge in [-0.25, -0.2) is 0 Å². The Bertz CT molecular complexity index is 2720. The van der Waals surface area contributed by atoms with E-state index < -0.39 is 18.4 Å². The number of benzene rings is 7. The van der Waals surface area contributed by atoms with Gasteiger partial charge in [0, 0.05) is 34.5 Å². The second-order valence-corrected chi connectivity index (χ2v) is 37.6. The van der Waals surface area contributed by atoms with Crippen LogP contribution in [0.2, 0.25) is 13.3 Å². The van der Waals surface area contributed by atoms with Crippen LogP contribution in [0.4, 0.5) is 11.4 Å². The molecule has 0 saturated carbocycles. The van der Waals surface area contributed by atoms with Gasteiger partial charge in [-0.05, 0) is 99.1 Å². The molecular weight excluding hydrogens is 1140 g/mol. The Labute approximate surface area is 502 Å². The third-order valence-electron chi connectivity index (χ3n) is 16.7. The van der Waals surface area contributed by atoms with E-state index in [2.05, 4.69) is 221 Å². The van der Waals surface area contributed by atoms with E-state index in [0.29, 0.717) is 0 Å². The van der Waals surface area contributed by atoms with Crippen molar-refractivity contribution in [2.24, 2.45) is 0 Å². The predicted molar refractivity (Wildman–Crippen MR) is 368 cm³/mol. The summed E-state index contributed by atoms with van der Waals surface area (Å²) in [6.45, 7) is 18.2. The molecule has 0 bridgehead atoms. The van der Waals surface area contributed by atoms with Crippen molar-refractivity contribution in [3.05, 3.63) is 161 Å². The summed E-state index contributed by atoms with van der Waals surface area (Å²) in [6.07, 6.45) is 36.1. The molecule has 434 valence electrons. The van der Waals surface area contributed by atoms with Gasteiger partial charge in [0.15, 0.2) is 0 Å². The van der Waals surface area contributed by atoms with Gasteiger partial charge in [-0.15, -0.1) is 0 Å². The molecule has 0 unspecified atom stereocenters. The Kier molecular flexibility index (Phi) is 33.5. The van der Waals surface area contributed by atoms with Crippen LogP contribution in [0.5, 0.6) is 0 Å². The van der Waals surface area contributed by atoms with Crippen molar-refractivity contribution < 1.29 is 0 Å². The minimum atomic E-state index is -2.26. The summed E-state index contributed by atoms with van der Waals surface area (Å²) in [7, 11) is 0. The van der Waals surface area contributed by atoms with Gasteiger partial charge in [-0.1, -0.05) is 208 Å². The van der Waals surface area contributed by atoms with Crippen LogP contribution in [0.1, 0.15) is 213 Å². The van der Waals surface area contributed by atoms with Gasteiger partial charge in [-0.2, -0.15) is 0 Å². The average Bonchev–Trinajstić information content (AvgIpc) is 3.53. The van der Waals surface area contributed by atoms with Crippen LogP contribution in [0.25, 0.3) is 43.8 Å². The monoisotopic (exact) mass is 1250 g/mol. The van der Waals surface area contributed by atoms with Gasteiger partial charge in [0.2, 0.25) is 0 Å². The zero-order valence-corrected chi connectivity index (χ0v) is 56.1. The molecule has 2 N–H and O–H groups in total. The minimum absolute atomic E-state index is 1.04. The Morgan fingerprint density at radius 3 is 1.24 bits per heavy atom. The number of anilines is 2. The summed E-state index contributed by atoms with van der Waals surface area (Å²) in [5, 5.41) is 12.7. The second kappa shape index (κ2) is 40.2. The molecular formula is C76H109BrN2Sn. The van der Waals surface area contributed by atoms with Crippen LogP contribution < -0.4 is 14.2 Å². The van der Waals surface area contributed by atoms with E-state index in [-0.39, 0.29) is 0 Å². The van der Waals surface area contributed by atoms with Gasteiger partial charge in [-0.3, -0.25) is 0 Å². The molecule has 0 radical (unpaired) electrons. The molecule has 0 aromatic heterocycles. The van der Waals surface area contributed by atoms with Gasteiger partial charge in [0.25, 0.3) is 0 Å². The molecule has 0 saturated heterocycles. The zero-order valence-electron chi connectivity index (χ0n) is 51.7. The zero-order chi connectivity index (χ0) is 56.9. The number of rotatable bonds is 36. The fraction of sp³-hybridized carbons (Fsp3) is 0.500. The summed E-state index contributed by atoms with van der Waals surface area (Å²) in [5.41, 5.74) is 10.3. The van der Waals surface area contributed by atoms with E-state index >= 15 is 0 Å². The molecule has 0 atom stereocenters. The second-order valence-electron chi connectivity index (χ2n) is 23.5. The van der Waals surface area contributed by atoms with Crippen LogP contribution in [0, 0.1) is 13.8 Å². The molecule has 0 spiro atoms. The number of halogens is 1. The maximum atomic E-state index is 3.72. The van der Waals surface area contributed by atoms with Crippen molar-refractivity contribution in [1.29, 1.82) is 0 Å². The fourth-order valence-corrected chi connectivity index (χ4v) is 28.1. The van der Waals surface area contributed by atoms with E-state index in [4.69, 9.17) is 0 Å². The van der Waals surface area contributed by atoms with Crippen molar-refractivity contribution in [2.75, 3.05) is 23.7 Å². The Hall–Kier alpha value is -4.06. The van der Waals surface area contributed by atoms with Gasteiger partial charge >= 0.3 is 154 Å². The molecule has 80 heavy (non-hydrogen) atoms. The summed E-state index contributed by atoms with van der Waals surface area (Å²) < 4.78 is 7.64. The maximum absolute atomic E-state index is 3.72. The number of nitrogens with one attached hydrogen (secondary N) is 2. The van der Waals surface area contributed by atoms with Gasteiger partial charge in [0.05, 0.1) is 0 Å². The Morgan fingerprint density at radius 2 is 0.725 bits per heavy atom. The molecule has 0 amide bonds. The number of fused-ring (bicyclic) bond motifs is 2. The predicted octanol–water partition coefficient (Wildman–Crippen LogP) is 24.8. The Balaban J connectivity index is 0.000000233. The van der Waals surface area contributed by atoms with Gasteiger partial charge < -0.3 is 10.6 Å². The molecule has 0 fully saturated rings. The molecule has 0 heterocycles. The first-order valence-corrected chi connectivity index (χ1v) is 41.0. The number of aryl methyl sites for hydroxylation is 2. The first-order valence-electron chi connectivity index (χ1n) is 32.7. The topological polar surface area (TPSA) is 24.1 Å². The van der Waals surface area contributed by atoms with E-state index in [1.165, 1.54) is 233 Å². The van der Waals surface area contributed by atoms with Crippen molar-refractivity contribution in [2.45, 2.75) is 229 Å². The normalized spacial score (nSPS) is 11.3. The molecule has 4 heteroatoms. The van der Waals surface area contributed by atoms with Crippen LogP contribution in [-0.4, -0.2) is 31.5 Å². The average molecular weight is 1250 g/mol. The van der Waals surface area contributed by atoms with E-state index in [9.17, 15) is 0 Å². The van der Waals surface area contributed by atoms with Crippen LogP contribution in [0.15, 0.2) is 150 Å². The summed E-state index contributed by atoms with van der Waals surface area (Å²) >= 11 is 1.30. The van der Waals surface area contributed by atoms with Crippen LogP contribution in [0.3, 0.4) is 0 Å². The number of unbranched alkanes of at least 4 members (excludes halogenated alkanes) is 21. The van der Waals surface area contributed by atoms with Crippen LogP contribution in [-0.2, 0) is 0 Å². The first-order chi connectivity index (χ1) is 39.2. The third-order valence-corrected chi connectivity index (χ3v) is 33.0. The van der Waals surface area contributed by atoms with E-state index in [0.717, 1.165) is 17.6 Å². The summed E-state index contributed by atoms with van der Waals surface area (Å²) in [5.74, 6) is 0. The van der Waals surface area contributed by atoms with Crippen molar-refractivity contribution in [3.63, 3.8) is 0 Å². The molecule has 7 aromatic carbocycles. The quantitative estimate of drug-likeness (QED) is 0.0302. The summed E-state index contributed by atoms with van der Waals surface area (Å²) in [4.78, 5) is 0. The van der Waals surface area contributed by atoms with Crippen molar-refractivity contribution in [1.82, 2.24) is 0 Å². The van der Waals surface area contributed by atoms with E-state index in [1.807, 2.05) is 0 Å².